The van der Waals surface area contributed by atoms with E-state index in [2.05, 4.69) is 15.7 Å². The number of fused-ring (bicyclic) bond motifs is 1. The zero-order chi connectivity index (χ0) is 27.8. The van der Waals surface area contributed by atoms with Crippen LogP contribution in [0.4, 0.5) is 25.0 Å². The third-order valence-electron chi connectivity index (χ3n) is 5.87. The van der Waals surface area contributed by atoms with Crippen LogP contribution in [0.2, 0.25) is 0 Å². The van der Waals surface area contributed by atoms with Crippen LogP contribution in [0, 0.1) is 18.3 Å². The monoisotopic (exact) mass is 555 g/mol. The second kappa shape index (κ2) is 10.4. The van der Waals surface area contributed by atoms with Crippen LogP contribution in [0.5, 0.6) is 5.75 Å². The molecule has 1 aromatic carbocycles. The van der Waals surface area contributed by atoms with Gasteiger partial charge in [0.25, 0.3) is 10.0 Å². The topological polar surface area (TPSA) is 132 Å². The maximum atomic E-state index is 13.7. The largest absolute Gasteiger partial charge is 0.484 e. The molecule has 1 fully saturated rings. The minimum Gasteiger partial charge on any atom is -0.484 e. The van der Waals surface area contributed by atoms with Crippen molar-refractivity contribution in [3.05, 3.63) is 30.1 Å². The van der Waals surface area contributed by atoms with E-state index >= 15 is 0 Å². The Balaban J connectivity index is 1.63. The summed E-state index contributed by atoms with van der Waals surface area (Å²) in [4.78, 5) is 24.0. The SMILES string of the molecule is Cc1nn(C(F)F)cc1S(=O)(=O)N1CC(CNC(=O)C2CC2)Oc2ccc(NC(=O)OCC(C)(C)C)cc21. The second-order valence-corrected chi connectivity index (χ2v) is 12.4. The first-order valence-corrected chi connectivity index (χ1v) is 13.6. The van der Waals surface area contributed by atoms with E-state index in [0.29, 0.717) is 0 Å². The fourth-order valence-corrected chi connectivity index (χ4v) is 5.46. The molecule has 1 atom stereocenters. The summed E-state index contributed by atoms with van der Waals surface area (Å²) in [5, 5.41) is 8.97. The third kappa shape index (κ3) is 6.34. The maximum absolute atomic E-state index is 13.7. The number of benzene rings is 1. The van der Waals surface area contributed by atoms with Crippen molar-refractivity contribution < 1.29 is 36.3 Å². The lowest BCUT2D eigenvalue weighted by Gasteiger charge is -2.35. The number of anilines is 2. The number of sulfonamides is 1. The first-order valence-electron chi connectivity index (χ1n) is 12.1. The summed E-state index contributed by atoms with van der Waals surface area (Å²) in [7, 11) is -4.39. The molecule has 1 unspecified atom stereocenters. The van der Waals surface area contributed by atoms with Crippen molar-refractivity contribution >= 4 is 33.4 Å². The summed E-state index contributed by atoms with van der Waals surface area (Å²) in [6, 6.07) is 4.41. The van der Waals surface area contributed by atoms with Gasteiger partial charge in [-0.15, -0.1) is 0 Å². The highest BCUT2D eigenvalue weighted by atomic mass is 32.2. The normalized spacial score (nSPS) is 17.6. The van der Waals surface area contributed by atoms with Crippen LogP contribution >= 0.6 is 0 Å². The summed E-state index contributed by atoms with van der Waals surface area (Å²) in [6.07, 6.45) is 0.923. The number of carbonyl (C=O) groups excluding carboxylic acids is 2. The van der Waals surface area contributed by atoms with Crippen LogP contribution in [-0.2, 0) is 19.6 Å². The van der Waals surface area contributed by atoms with E-state index in [1.165, 1.54) is 25.1 Å². The van der Waals surface area contributed by atoms with Crippen LogP contribution in [0.3, 0.4) is 0 Å². The summed E-state index contributed by atoms with van der Waals surface area (Å²) in [6.45, 7) is 4.02. The third-order valence-corrected chi connectivity index (χ3v) is 7.75. The number of aryl methyl sites for hydroxylation is 1. The Bertz CT molecular complexity index is 1320. The van der Waals surface area contributed by atoms with Gasteiger partial charge >= 0.3 is 12.6 Å². The number of halogens is 2. The second-order valence-electron chi connectivity index (χ2n) is 10.6. The zero-order valence-corrected chi connectivity index (χ0v) is 22.3. The highest BCUT2D eigenvalue weighted by Crippen LogP contribution is 2.39. The Morgan fingerprint density at radius 3 is 2.58 bits per heavy atom. The molecule has 0 radical (unpaired) electrons. The Morgan fingerprint density at radius 1 is 1.26 bits per heavy atom. The van der Waals surface area contributed by atoms with Crippen LogP contribution in [0.25, 0.3) is 0 Å². The molecule has 2 heterocycles. The van der Waals surface area contributed by atoms with Crippen LogP contribution < -0.4 is 19.7 Å². The maximum Gasteiger partial charge on any atom is 0.411 e. The van der Waals surface area contributed by atoms with E-state index in [9.17, 15) is 26.8 Å². The number of nitrogens with one attached hydrogen (secondary N) is 2. The highest BCUT2D eigenvalue weighted by molar-refractivity contribution is 7.92. The number of ether oxygens (including phenoxy) is 2. The lowest BCUT2D eigenvalue weighted by atomic mass is 9.99. The molecule has 2 aromatic rings. The standard InChI is InChI=1S/C24H31F2N5O6S/c1-14-20(12-30(29-14)22(25)26)38(34,35)31-11-17(10-27-21(32)15-5-6-15)37-19-8-7-16(9-18(19)31)28-23(33)36-13-24(2,3)4/h7-9,12,15,17,22H,5-6,10-11,13H2,1-4H3,(H,27,32)(H,28,33). The van der Waals surface area contributed by atoms with Crippen molar-refractivity contribution in [1.82, 2.24) is 15.1 Å². The number of carbonyl (C=O) groups is 2. The summed E-state index contributed by atoms with van der Waals surface area (Å²) in [5.41, 5.74) is -0.0207. The van der Waals surface area contributed by atoms with Gasteiger partial charge < -0.3 is 14.8 Å². The smallest absolute Gasteiger partial charge is 0.411 e. The number of amides is 2. The average Bonchev–Trinajstić information content (AvgIpc) is 3.61. The Hall–Kier alpha value is -3.42. The molecule has 14 heteroatoms. The molecule has 2 N–H and O–H groups in total. The molecule has 1 saturated carbocycles. The van der Waals surface area contributed by atoms with Crippen LogP contribution in [0.1, 0.15) is 45.9 Å². The molecule has 1 aliphatic heterocycles. The fourth-order valence-electron chi connectivity index (χ4n) is 3.80. The van der Waals surface area contributed by atoms with Crippen molar-refractivity contribution in [2.45, 2.75) is 58.1 Å². The molecule has 11 nitrogen and oxygen atoms in total. The number of rotatable bonds is 8. The predicted molar refractivity (Wildman–Crippen MR) is 134 cm³/mol. The van der Waals surface area contributed by atoms with Crippen LogP contribution in [0.15, 0.2) is 29.3 Å². The molecule has 208 valence electrons. The van der Waals surface area contributed by atoms with Crippen molar-refractivity contribution in [3.8, 4) is 5.75 Å². The quantitative estimate of drug-likeness (QED) is 0.508. The fraction of sp³-hybridized carbons (Fsp3) is 0.542. The van der Waals surface area contributed by atoms with Crippen molar-refractivity contribution in [3.63, 3.8) is 0 Å². The van der Waals surface area contributed by atoms with E-state index in [1.54, 1.807) is 0 Å². The van der Waals surface area contributed by atoms with E-state index in [1.807, 2.05) is 20.8 Å². The molecule has 0 saturated heterocycles. The summed E-state index contributed by atoms with van der Waals surface area (Å²) >= 11 is 0. The van der Waals surface area contributed by atoms with E-state index < -0.39 is 33.7 Å². The van der Waals surface area contributed by atoms with Gasteiger partial charge in [-0.2, -0.15) is 13.9 Å². The number of aromatic nitrogens is 2. The Morgan fingerprint density at radius 2 is 1.97 bits per heavy atom. The Labute approximate surface area is 219 Å². The van der Waals surface area contributed by atoms with Gasteiger partial charge in [0.1, 0.15) is 16.7 Å². The number of nitrogens with zero attached hydrogens (tertiary/aromatic N) is 3. The van der Waals surface area contributed by atoms with E-state index in [-0.39, 0.29) is 64.4 Å². The molecule has 1 aromatic heterocycles. The number of hydrogen-bond acceptors (Lipinski definition) is 7. The van der Waals surface area contributed by atoms with Crippen molar-refractivity contribution in [2.24, 2.45) is 11.3 Å². The van der Waals surface area contributed by atoms with E-state index in [4.69, 9.17) is 9.47 Å². The summed E-state index contributed by atoms with van der Waals surface area (Å²) in [5.74, 6) is 0.00871. The lowest BCUT2D eigenvalue weighted by Crippen LogP contribution is -2.48. The Kier molecular flexibility index (Phi) is 7.55. The van der Waals surface area contributed by atoms with Gasteiger partial charge in [-0.25, -0.2) is 17.9 Å². The minimum absolute atomic E-state index is 0.0415. The predicted octanol–water partition coefficient (Wildman–Crippen LogP) is 3.66. The lowest BCUT2D eigenvalue weighted by molar-refractivity contribution is -0.122. The molecule has 0 spiro atoms. The highest BCUT2D eigenvalue weighted by Gasteiger charge is 2.38. The molecule has 4 rings (SSSR count). The van der Waals surface area contributed by atoms with Gasteiger partial charge in [0.15, 0.2) is 0 Å². The minimum atomic E-state index is -4.39. The first-order chi connectivity index (χ1) is 17.7. The van der Waals surface area contributed by atoms with Gasteiger partial charge in [-0.1, -0.05) is 20.8 Å². The average molecular weight is 556 g/mol. The number of alkyl halides is 2. The molecule has 1 aliphatic carbocycles. The molecule has 2 amide bonds. The molecule has 38 heavy (non-hydrogen) atoms. The number of hydrogen-bond donors (Lipinski definition) is 2. The van der Waals surface area contributed by atoms with Gasteiger partial charge in [-0.05, 0) is 43.4 Å². The van der Waals surface area contributed by atoms with E-state index in [0.717, 1.165) is 23.3 Å². The molecular weight excluding hydrogens is 524 g/mol. The van der Waals surface area contributed by atoms with Gasteiger partial charge in [-0.3, -0.25) is 14.4 Å². The van der Waals surface area contributed by atoms with Gasteiger partial charge in [0.2, 0.25) is 5.91 Å². The molecule has 2 aliphatic rings. The van der Waals surface area contributed by atoms with Crippen molar-refractivity contribution in [1.29, 1.82) is 0 Å². The van der Waals surface area contributed by atoms with Gasteiger partial charge in [0, 0.05) is 11.6 Å². The van der Waals surface area contributed by atoms with Gasteiger partial charge in [0.05, 0.1) is 37.3 Å². The van der Waals surface area contributed by atoms with Crippen molar-refractivity contribution in [2.75, 3.05) is 29.3 Å². The summed E-state index contributed by atoms with van der Waals surface area (Å²) < 4.78 is 66.4. The zero-order valence-electron chi connectivity index (χ0n) is 21.5. The van der Waals surface area contributed by atoms with Crippen LogP contribution in [-0.4, -0.2) is 56.0 Å². The first kappa shape index (κ1) is 27.6. The molecular formula is C24H31F2N5O6S. The molecule has 0 bridgehead atoms.